The lowest BCUT2D eigenvalue weighted by molar-refractivity contribution is -0.297. The van der Waals surface area contributed by atoms with Gasteiger partial charge in [0.25, 0.3) is 0 Å². The van der Waals surface area contributed by atoms with Gasteiger partial charge in [0.05, 0.1) is 5.69 Å². The van der Waals surface area contributed by atoms with Gasteiger partial charge in [-0.25, -0.2) is 15.0 Å². The summed E-state index contributed by atoms with van der Waals surface area (Å²) in [6, 6.07) is 21.4. The second-order valence-electron chi connectivity index (χ2n) is 10.5. The molecule has 0 saturated carbocycles. The molecule has 0 fully saturated rings. The van der Waals surface area contributed by atoms with Crippen molar-refractivity contribution in [3.63, 3.8) is 0 Å². The quantitative estimate of drug-likeness (QED) is 0.163. The van der Waals surface area contributed by atoms with Gasteiger partial charge < -0.3 is 0 Å². The maximum absolute atomic E-state index is 14.0. The van der Waals surface area contributed by atoms with E-state index < -0.39 is 47.2 Å². The average molecular weight is 729 g/mol. The summed E-state index contributed by atoms with van der Waals surface area (Å²) in [7, 11) is 0. The molecule has 2 aromatic heterocycles. The number of aryl methyl sites for hydroxylation is 2. The molecule has 15 heteroatoms. The Kier molecular flexibility index (Phi) is 8.67. The summed E-state index contributed by atoms with van der Waals surface area (Å²) in [6.45, 7) is 3.99. The molecule has 2 heterocycles. The van der Waals surface area contributed by atoms with Crippen LogP contribution in [0.1, 0.15) is 22.8 Å². The predicted molar refractivity (Wildman–Crippen MR) is 156 cm³/mol. The van der Waals surface area contributed by atoms with Crippen LogP contribution in [0, 0.1) is 13.8 Å². The highest BCUT2D eigenvalue weighted by molar-refractivity contribution is 9.10. The minimum atomic E-state index is -6.41. The first kappa shape index (κ1) is 33.9. The SMILES string of the molecule is Cc1cc(C)cc(-c2ccccc2-c2ccc(-c3ccc(-c4nc(C(F)(F)C(F)(F)F)nc(C(F)(F)C(F)(F)F)n4)cn3)cc2Br)c1. The molecule has 0 amide bonds. The molecule has 0 unspecified atom stereocenters. The summed E-state index contributed by atoms with van der Waals surface area (Å²) in [4.78, 5) is 12.1. The van der Waals surface area contributed by atoms with Crippen molar-refractivity contribution >= 4 is 15.9 Å². The molecule has 0 aliphatic rings. The van der Waals surface area contributed by atoms with Crippen LogP contribution in [-0.2, 0) is 11.8 Å². The van der Waals surface area contributed by atoms with E-state index in [9.17, 15) is 43.9 Å². The van der Waals surface area contributed by atoms with Gasteiger partial charge in [-0.3, -0.25) is 4.98 Å². The van der Waals surface area contributed by atoms with Gasteiger partial charge in [0, 0.05) is 21.8 Å². The van der Waals surface area contributed by atoms with Crippen molar-refractivity contribution < 1.29 is 43.9 Å². The van der Waals surface area contributed by atoms with Gasteiger partial charge in [0.2, 0.25) is 11.6 Å². The smallest absolute Gasteiger partial charge is 0.255 e. The third-order valence-corrected chi connectivity index (χ3v) is 7.60. The summed E-state index contributed by atoms with van der Waals surface area (Å²) < 4.78 is 135. The van der Waals surface area contributed by atoms with E-state index in [-0.39, 0.29) is 5.69 Å². The molecule has 0 bridgehead atoms. The number of halogens is 11. The van der Waals surface area contributed by atoms with Crippen molar-refractivity contribution in [2.24, 2.45) is 0 Å². The lowest BCUT2D eigenvalue weighted by atomic mass is 9.92. The second-order valence-corrected chi connectivity index (χ2v) is 11.4. The van der Waals surface area contributed by atoms with Crippen LogP contribution in [0.5, 0.6) is 0 Å². The zero-order valence-electron chi connectivity index (χ0n) is 24.0. The van der Waals surface area contributed by atoms with Gasteiger partial charge >= 0.3 is 24.2 Å². The molecule has 5 rings (SSSR count). The number of benzene rings is 3. The van der Waals surface area contributed by atoms with Gasteiger partial charge in [-0.15, -0.1) is 0 Å². The van der Waals surface area contributed by atoms with Crippen molar-refractivity contribution in [3.05, 3.63) is 106 Å². The predicted octanol–water partition coefficient (Wildman–Crippen LogP) is 10.6. The van der Waals surface area contributed by atoms with Gasteiger partial charge in [0.1, 0.15) is 0 Å². The molecule has 0 aliphatic heterocycles. The van der Waals surface area contributed by atoms with Gasteiger partial charge in [-0.1, -0.05) is 81.7 Å². The van der Waals surface area contributed by atoms with Crippen molar-refractivity contribution in [2.45, 2.75) is 38.0 Å². The third-order valence-electron chi connectivity index (χ3n) is 6.95. The van der Waals surface area contributed by atoms with Crippen molar-refractivity contribution in [1.29, 1.82) is 0 Å². The molecular weight excluding hydrogens is 710 g/mol. The molecular formula is C32H19BrF10N4. The Balaban J connectivity index is 1.53. The third kappa shape index (κ3) is 6.58. The Bertz CT molecular complexity index is 1890. The number of aromatic nitrogens is 4. The zero-order valence-corrected chi connectivity index (χ0v) is 25.5. The summed E-state index contributed by atoms with van der Waals surface area (Å²) in [5.74, 6) is -18.5. The van der Waals surface area contributed by atoms with E-state index in [0.717, 1.165) is 45.6 Å². The fourth-order valence-corrected chi connectivity index (χ4v) is 5.32. The Morgan fingerprint density at radius 3 is 1.55 bits per heavy atom. The minimum absolute atomic E-state index is 0.235. The van der Waals surface area contributed by atoms with E-state index in [1.165, 1.54) is 6.07 Å². The van der Waals surface area contributed by atoms with Crippen LogP contribution in [0.15, 0.2) is 83.5 Å². The first-order valence-corrected chi connectivity index (χ1v) is 14.2. The van der Waals surface area contributed by atoms with E-state index in [0.29, 0.717) is 10.0 Å². The number of hydrogen-bond donors (Lipinski definition) is 0. The van der Waals surface area contributed by atoms with Gasteiger partial charge in [-0.2, -0.15) is 43.9 Å². The van der Waals surface area contributed by atoms with E-state index in [2.05, 4.69) is 54.1 Å². The van der Waals surface area contributed by atoms with Gasteiger partial charge in [0.15, 0.2) is 5.82 Å². The van der Waals surface area contributed by atoms with Crippen LogP contribution in [0.4, 0.5) is 43.9 Å². The highest BCUT2D eigenvalue weighted by Gasteiger charge is 2.64. The molecule has 47 heavy (non-hydrogen) atoms. The minimum Gasteiger partial charge on any atom is -0.255 e. The maximum atomic E-state index is 14.0. The summed E-state index contributed by atoms with van der Waals surface area (Å²) in [6.07, 6.45) is -12.0. The largest absolute Gasteiger partial charge is 0.461 e. The van der Waals surface area contributed by atoms with E-state index in [1.807, 2.05) is 38.1 Å². The highest BCUT2D eigenvalue weighted by Crippen LogP contribution is 2.46. The zero-order chi connectivity index (χ0) is 34.5. The molecule has 5 aromatic rings. The number of hydrogen-bond acceptors (Lipinski definition) is 4. The van der Waals surface area contributed by atoms with Crippen molar-refractivity contribution in [2.75, 3.05) is 0 Å². The first-order chi connectivity index (χ1) is 21.8. The Labute approximate surface area is 268 Å². The monoisotopic (exact) mass is 728 g/mol. The standard InChI is InChI=1S/C32H19BrF10N4/c1-16-11-17(2)13-20(12-16)21-5-3-4-6-22(21)23-9-7-18(14-24(23)33)25-10-8-19(15-44-25)26-45-27(29(34,35)31(38,39)40)47-28(46-26)30(36,37)32(41,42)43/h3-15H,1-2H3. The van der Waals surface area contributed by atoms with E-state index >= 15 is 0 Å². The normalized spacial score (nSPS) is 12.8. The lowest BCUT2D eigenvalue weighted by Crippen LogP contribution is -2.39. The van der Waals surface area contributed by atoms with Crippen LogP contribution >= 0.6 is 15.9 Å². The number of alkyl halides is 10. The second kappa shape index (κ2) is 12.0. The number of pyridine rings is 1. The highest BCUT2D eigenvalue weighted by atomic mass is 79.9. The van der Waals surface area contributed by atoms with E-state index in [1.54, 1.807) is 18.2 Å². The first-order valence-electron chi connectivity index (χ1n) is 13.4. The Morgan fingerprint density at radius 1 is 0.532 bits per heavy atom. The molecule has 0 spiro atoms. The summed E-state index contributed by atoms with van der Waals surface area (Å²) in [5, 5.41) is 0. The van der Waals surface area contributed by atoms with E-state index in [4.69, 9.17) is 0 Å². The van der Waals surface area contributed by atoms with Crippen molar-refractivity contribution in [1.82, 2.24) is 19.9 Å². The Hall–Kier alpha value is -4.40. The number of nitrogens with zero attached hydrogens (tertiary/aromatic N) is 4. The molecule has 0 saturated heterocycles. The summed E-state index contributed by atoms with van der Waals surface area (Å²) >= 11 is 3.57. The summed E-state index contributed by atoms with van der Waals surface area (Å²) in [5.41, 5.74) is 6.11. The van der Waals surface area contributed by atoms with Crippen molar-refractivity contribution in [3.8, 4) is 44.9 Å². The molecule has 244 valence electrons. The molecule has 0 aliphatic carbocycles. The molecule has 0 radical (unpaired) electrons. The molecule has 0 N–H and O–H groups in total. The number of rotatable bonds is 6. The average Bonchev–Trinajstić information content (AvgIpc) is 2.99. The molecule has 0 atom stereocenters. The van der Waals surface area contributed by atoms with Crippen LogP contribution in [-0.4, -0.2) is 32.3 Å². The fraction of sp³-hybridized carbons (Fsp3) is 0.188. The maximum Gasteiger partial charge on any atom is 0.461 e. The molecule has 4 nitrogen and oxygen atoms in total. The fourth-order valence-electron chi connectivity index (χ4n) is 4.73. The van der Waals surface area contributed by atoms with Crippen LogP contribution in [0.2, 0.25) is 0 Å². The van der Waals surface area contributed by atoms with Gasteiger partial charge in [-0.05, 0) is 54.3 Å². The van der Waals surface area contributed by atoms with Crippen LogP contribution in [0.3, 0.4) is 0 Å². The van der Waals surface area contributed by atoms with Crippen LogP contribution < -0.4 is 0 Å². The molecule has 3 aromatic carbocycles. The lowest BCUT2D eigenvalue weighted by Gasteiger charge is -2.22. The Morgan fingerprint density at radius 2 is 1.06 bits per heavy atom. The topological polar surface area (TPSA) is 51.6 Å². The van der Waals surface area contributed by atoms with Crippen LogP contribution in [0.25, 0.3) is 44.9 Å².